The molecule has 2 aliphatic heterocycles. The van der Waals surface area contributed by atoms with E-state index < -0.39 is 43.5 Å². The highest BCUT2D eigenvalue weighted by Crippen LogP contribution is 2.31. The fourth-order valence-corrected chi connectivity index (χ4v) is 4.90. The van der Waals surface area contributed by atoms with Gasteiger partial charge in [-0.25, -0.2) is 5.43 Å². The molecule has 0 spiro atoms. The standard InChI is InChI=1S/C26H44N4O8/c1-14(2)21-18(25(30-29-21)38-26-24(35)23(34)22(33)19(13-31)37-26)12-16-5-6-17(11-15(16)3)36-10-4-8-28-9-7-20(27)32/h5-6,11,14,18-19,21-26,28-31,33-35H,4,7-10,12-13H2,1-3H3,(H2,27,32)/t18?,19-,21?,22-,23+,24-,25?,26+/m1/s1. The lowest BCUT2D eigenvalue weighted by atomic mass is 9.85. The van der Waals surface area contributed by atoms with Crippen LogP contribution in [0.15, 0.2) is 18.2 Å². The maximum absolute atomic E-state index is 10.8. The summed E-state index contributed by atoms with van der Waals surface area (Å²) in [7, 11) is 0. The normalized spacial score (nSPS) is 31.6. The predicted octanol–water partition coefficient (Wildman–Crippen LogP) is -1.34. The Kier molecular flexibility index (Phi) is 11.7. The summed E-state index contributed by atoms with van der Waals surface area (Å²) in [5.74, 6) is 0.690. The lowest BCUT2D eigenvalue weighted by Gasteiger charge is -2.41. The number of benzene rings is 1. The van der Waals surface area contributed by atoms with Crippen molar-refractivity contribution in [2.45, 2.75) is 83.0 Å². The lowest BCUT2D eigenvalue weighted by molar-refractivity contribution is -0.315. The van der Waals surface area contributed by atoms with Gasteiger partial charge in [0.25, 0.3) is 0 Å². The number of amides is 1. The van der Waals surface area contributed by atoms with Gasteiger partial charge in [0.1, 0.15) is 36.4 Å². The minimum absolute atomic E-state index is 0.0423. The summed E-state index contributed by atoms with van der Waals surface area (Å²) in [4.78, 5) is 10.8. The van der Waals surface area contributed by atoms with Crippen molar-refractivity contribution >= 4 is 5.91 Å². The van der Waals surface area contributed by atoms with Crippen LogP contribution in [0.2, 0.25) is 0 Å². The summed E-state index contributed by atoms with van der Waals surface area (Å²) in [5, 5.41) is 43.3. The Morgan fingerprint density at radius 2 is 1.92 bits per heavy atom. The maximum Gasteiger partial charge on any atom is 0.218 e. The molecular weight excluding hydrogens is 496 g/mol. The molecule has 0 bridgehead atoms. The minimum Gasteiger partial charge on any atom is -0.494 e. The highest BCUT2D eigenvalue weighted by atomic mass is 16.7. The average Bonchev–Trinajstić information content (AvgIpc) is 3.27. The third-order valence-corrected chi connectivity index (χ3v) is 7.17. The molecule has 1 amide bonds. The third kappa shape index (κ3) is 8.07. The first-order valence-electron chi connectivity index (χ1n) is 13.3. The van der Waals surface area contributed by atoms with Gasteiger partial charge in [0.15, 0.2) is 6.29 Å². The Balaban J connectivity index is 1.59. The molecule has 0 aliphatic carbocycles. The van der Waals surface area contributed by atoms with Gasteiger partial charge in [-0.05, 0) is 55.5 Å². The van der Waals surface area contributed by atoms with E-state index in [4.69, 9.17) is 19.9 Å². The number of aliphatic hydroxyl groups is 4. The first kappa shape index (κ1) is 30.7. The molecule has 12 nitrogen and oxygen atoms in total. The van der Waals surface area contributed by atoms with Crippen LogP contribution < -0.4 is 26.6 Å². The zero-order valence-corrected chi connectivity index (χ0v) is 22.4. The number of carbonyl (C=O) groups excluding carboxylic acids is 1. The molecule has 1 aromatic carbocycles. The van der Waals surface area contributed by atoms with E-state index in [1.54, 1.807) is 0 Å². The highest BCUT2D eigenvalue weighted by molar-refractivity contribution is 5.73. The largest absolute Gasteiger partial charge is 0.494 e. The Bertz CT molecular complexity index is 889. The number of ether oxygens (including phenoxy) is 3. The Hall–Kier alpha value is -1.87. The Morgan fingerprint density at radius 3 is 2.58 bits per heavy atom. The van der Waals surface area contributed by atoms with Crippen LogP contribution >= 0.6 is 0 Å². The van der Waals surface area contributed by atoms with E-state index in [9.17, 15) is 25.2 Å². The topological polar surface area (TPSA) is 188 Å². The summed E-state index contributed by atoms with van der Waals surface area (Å²) >= 11 is 0. The molecule has 0 saturated carbocycles. The van der Waals surface area contributed by atoms with E-state index in [-0.39, 0.29) is 23.8 Å². The van der Waals surface area contributed by atoms with Crippen LogP contribution in [0.5, 0.6) is 5.75 Å². The van der Waals surface area contributed by atoms with Crippen LogP contribution in [0.3, 0.4) is 0 Å². The van der Waals surface area contributed by atoms with E-state index in [2.05, 4.69) is 30.0 Å². The second-order valence-electron chi connectivity index (χ2n) is 10.4. The number of hydrogen-bond donors (Lipinski definition) is 8. The summed E-state index contributed by atoms with van der Waals surface area (Å²) in [6, 6.07) is 6.04. The summed E-state index contributed by atoms with van der Waals surface area (Å²) in [6.45, 7) is 7.57. The molecule has 2 saturated heterocycles. The van der Waals surface area contributed by atoms with E-state index in [0.717, 1.165) is 29.8 Å². The van der Waals surface area contributed by atoms with Gasteiger partial charge < -0.3 is 45.7 Å². The summed E-state index contributed by atoms with van der Waals surface area (Å²) < 4.78 is 17.5. The number of nitrogens with two attached hydrogens (primary N) is 1. The van der Waals surface area contributed by atoms with E-state index in [1.165, 1.54) is 0 Å². The Morgan fingerprint density at radius 1 is 1.16 bits per heavy atom. The van der Waals surface area contributed by atoms with Crippen molar-refractivity contribution in [3.8, 4) is 5.75 Å². The smallest absolute Gasteiger partial charge is 0.218 e. The molecule has 2 fully saturated rings. The minimum atomic E-state index is -1.50. The SMILES string of the molecule is Cc1cc(OCCCNCCC(N)=O)ccc1CC1C(O[C@@H]2O[C@H](CO)[C@@H](O)[C@H](O)[C@H]2O)NNC1C(C)C. The van der Waals surface area contributed by atoms with Gasteiger partial charge >= 0.3 is 0 Å². The predicted molar refractivity (Wildman–Crippen MR) is 139 cm³/mol. The van der Waals surface area contributed by atoms with Gasteiger partial charge in [-0.1, -0.05) is 19.9 Å². The van der Waals surface area contributed by atoms with E-state index >= 15 is 0 Å². The van der Waals surface area contributed by atoms with Gasteiger partial charge in [0, 0.05) is 24.9 Å². The number of aryl methyl sites for hydroxylation is 1. The van der Waals surface area contributed by atoms with Crippen molar-refractivity contribution < 1.29 is 39.4 Å². The number of rotatable bonds is 14. The fourth-order valence-electron chi connectivity index (χ4n) is 4.90. The van der Waals surface area contributed by atoms with Crippen molar-refractivity contribution in [3.63, 3.8) is 0 Å². The molecule has 216 valence electrons. The zero-order chi connectivity index (χ0) is 27.8. The molecule has 3 rings (SSSR count). The number of hydrogen-bond acceptors (Lipinski definition) is 11. The van der Waals surface area contributed by atoms with Crippen LogP contribution in [-0.4, -0.2) is 95.6 Å². The molecule has 12 heteroatoms. The number of nitrogens with one attached hydrogen (secondary N) is 3. The molecule has 2 heterocycles. The van der Waals surface area contributed by atoms with Crippen LogP contribution in [0.4, 0.5) is 0 Å². The quantitative estimate of drug-likeness (QED) is 0.131. The number of aliphatic hydroxyl groups excluding tert-OH is 4. The van der Waals surface area contributed by atoms with Gasteiger partial charge in [0.2, 0.25) is 5.91 Å². The van der Waals surface area contributed by atoms with Gasteiger partial charge in [-0.3, -0.25) is 10.2 Å². The molecular formula is C26H44N4O8. The van der Waals surface area contributed by atoms with Crippen LogP contribution in [0.25, 0.3) is 0 Å². The number of primary amides is 1. The first-order valence-corrected chi connectivity index (χ1v) is 13.3. The second kappa shape index (κ2) is 14.5. The highest BCUT2D eigenvalue weighted by Gasteiger charge is 2.47. The molecule has 2 aliphatic rings. The van der Waals surface area contributed by atoms with E-state index in [0.29, 0.717) is 26.0 Å². The van der Waals surface area contributed by atoms with Crippen molar-refractivity contribution in [1.29, 1.82) is 0 Å². The van der Waals surface area contributed by atoms with Gasteiger partial charge in [-0.2, -0.15) is 0 Å². The van der Waals surface area contributed by atoms with Crippen LogP contribution in [-0.2, 0) is 20.7 Å². The van der Waals surface area contributed by atoms with Crippen molar-refractivity contribution in [1.82, 2.24) is 16.2 Å². The van der Waals surface area contributed by atoms with E-state index in [1.807, 2.05) is 25.1 Å². The lowest BCUT2D eigenvalue weighted by Crippen LogP contribution is -2.60. The molecule has 0 aromatic heterocycles. The fraction of sp³-hybridized carbons (Fsp3) is 0.731. The van der Waals surface area contributed by atoms with Crippen molar-refractivity contribution in [2.24, 2.45) is 17.6 Å². The first-order chi connectivity index (χ1) is 18.1. The summed E-state index contributed by atoms with van der Waals surface area (Å²) in [6.07, 6.45) is -5.43. The van der Waals surface area contributed by atoms with Crippen molar-refractivity contribution in [3.05, 3.63) is 29.3 Å². The number of carbonyl (C=O) groups is 1. The maximum atomic E-state index is 10.8. The van der Waals surface area contributed by atoms with Crippen LogP contribution in [0.1, 0.15) is 37.8 Å². The average molecular weight is 541 g/mol. The monoisotopic (exact) mass is 540 g/mol. The molecule has 38 heavy (non-hydrogen) atoms. The molecule has 9 N–H and O–H groups in total. The summed E-state index contributed by atoms with van der Waals surface area (Å²) in [5.41, 5.74) is 13.7. The molecule has 3 unspecified atom stereocenters. The third-order valence-electron chi connectivity index (χ3n) is 7.17. The second-order valence-corrected chi connectivity index (χ2v) is 10.4. The van der Waals surface area contributed by atoms with Crippen LogP contribution in [0, 0.1) is 18.8 Å². The van der Waals surface area contributed by atoms with Gasteiger partial charge in [0.05, 0.1) is 13.2 Å². The van der Waals surface area contributed by atoms with Gasteiger partial charge in [-0.15, -0.1) is 0 Å². The number of hydrazine groups is 1. The molecule has 0 radical (unpaired) electrons. The zero-order valence-electron chi connectivity index (χ0n) is 22.4. The molecule has 8 atom stereocenters. The molecule has 1 aromatic rings. The Labute approximate surface area is 223 Å². The van der Waals surface area contributed by atoms with Crippen molar-refractivity contribution in [2.75, 3.05) is 26.3 Å².